The van der Waals surface area contributed by atoms with Gasteiger partial charge in [0, 0.05) is 18.5 Å². The molecule has 3 N–H and O–H groups in total. The highest BCUT2D eigenvalue weighted by molar-refractivity contribution is 6.00. The van der Waals surface area contributed by atoms with Crippen LogP contribution in [0.1, 0.15) is 72.7 Å². The molecule has 1 saturated heterocycles. The predicted molar refractivity (Wildman–Crippen MR) is 110 cm³/mol. The first-order chi connectivity index (χ1) is 14.5. The lowest BCUT2D eigenvalue weighted by atomic mass is 9.84. The summed E-state index contributed by atoms with van der Waals surface area (Å²) in [6.45, 7) is 0.338. The molecule has 30 heavy (non-hydrogen) atoms. The van der Waals surface area contributed by atoms with Crippen LogP contribution < -0.4 is 10.6 Å². The van der Waals surface area contributed by atoms with E-state index in [0.29, 0.717) is 30.0 Å². The summed E-state index contributed by atoms with van der Waals surface area (Å²) >= 11 is 0. The number of imide groups is 1. The molecule has 158 valence electrons. The van der Waals surface area contributed by atoms with Gasteiger partial charge in [-0.15, -0.1) is 6.42 Å². The van der Waals surface area contributed by atoms with E-state index in [4.69, 9.17) is 6.42 Å². The van der Waals surface area contributed by atoms with Gasteiger partial charge in [0.1, 0.15) is 6.23 Å². The monoisotopic (exact) mass is 409 g/mol. The number of aliphatic hydroxyl groups is 1. The molecule has 2 fully saturated rings. The van der Waals surface area contributed by atoms with E-state index in [1.807, 2.05) is 0 Å². The lowest BCUT2D eigenvalue weighted by Gasteiger charge is -2.31. The molecule has 0 aromatic heterocycles. The van der Waals surface area contributed by atoms with Gasteiger partial charge in [0.25, 0.3) is 5.91 Å². The van der Waals surface area contributed by atoms with E-state index in [0.717, 1.165) is 31.2 Å². The molecular weight excluding hydrogens is 382 g/mol. The number of terminal acetylenes is 1. The van der Waals surface area contributed by atoms with Crippen molar-refractivity contribution in [2.75, 3.05) is 0 Å². The van der Waals surface area contributed by atoms with Gasteiger partial charge in [-0.25, -0.2) is 0 Å². The van der Waals surface area contributed by atoms with Crippen LogP contribution in [0.25, 0.3) is 0 Å². The summed E-state index contributed by atoms with van der Waals surface area (Å²) in [6, 6.07) is 4.32. The van der Waals surface area contributed by atoms with Crippen LogP contribution >= 0.6 is 0 Å². The Hall–Kier alpha value is -2.69. The summed E-state index contributed by atoms with van der Waals surface area (Å²) in [6.07, 6.45) is 10.9. The number of rotatable bonds is 4. The molecule has 2 heterocycles. The Kier molecular flexibility index (Phi) is 5.89. The largest absolute Gasteiger partial charge is 0.374 e. The van der Waals surface area contributed by atoms with E-state index >= 15 is 0 Å². The normalized spacial score (nSPS) is 25.9. The maximum absolute atomic E-state index is 12.8. The second-order valence-corrected chi connectivity index (χ2v) is 8.44. The van der Waals surface area contributed by atoms with Gasteiger partial charge in [0.05, 0.1) is 12.1 Å². The average molecular weight is 409 g/mol. The van der Waals surface area contributed by atoms with E-state index in [9.17, 15) is 19.5 Å². The first-order valence-corrected chi connectivity index (χ1v) is 10.6. The number of benzene rings is 1. The summed E-state index contributed by atoms with van der Waals surface area (Å²) in [7, 11) is 0. The standard InChI is InChI=1S/C23H27N3O4/c1-2-18(14-6-4-3-5-7-14)24-21(28)15-8-9-17-16(12-15)13-26(23(17)30)19-10-11-20(27)25-22(19)29/h1,8-9,12,14,18-19,23,30H,3-7,10-11,13H2,(H,24,28)(H,25,27,29)/t18-,19?,23?/m1/s1. The van der Waals surface area contributed by atoms with Crippen molar-refractivity contribution in [1.82, 2.24) is 15.5 Å². The zero-order valence-corrected chi connectivity index (χ0v) is 16.9. The van der Waals surface area contributed by atoms with Crippen LogP contribution in [0.4, 0.5) is 0 Å². The predicted octanol–water partition coefficient (Wildman–Crippen LogP) is 1.61. The molecule has 1 aliphatic carbocycles. The van der Waals surface area contributed by atoms with Crippen molar-refractivity contribution in [3.05, 3.63) is 34.9 Å². The van der Waals surface area contributed by atoms with Crippen LogP contribution in [-0.2, 0) is 16.1 Å². The Morgan fingerprint density at radius 3 is 2.70 bits per heavy atom. The number of fused-ring (bicyclic) bond motifs is 1. The first-order valence-electron chi connectivity index (χ1n) is 10.6. The molecule has 3 aliphatic rings. The third-order valence-electron chi connectivity index (χ3n) is 6.55. The number of carbonyl (C=O) groups is 3. The fourth-order valence-corrected chi connectivity index (χ4v) is 4.86. The number of hydrogen-bond donors (Lipinski definition) is 3. The minimum atomic E-state index is -0.943. The topological polar surface area (TPSA) is 98.7 Å². The van der Waals surface area contributed by atoms with Crippen LogP contribution in [-0.4, -0.2) is 39.8 Å². The molecule has 4 rings (SSSR count). The van der Waals surface area contributed by atoms with E-state index in [1.165, 1.54) is 6.42 Å². The SMILES string of the molecule is C#C[C@@H](NC(=O)c1ccc2c(c1)CN(C1CCC(=O)NC1=O)C2O)C1CCCCC1. The van der Waals surface area contributed by atoms with Crippen molar-refractivity contribution >= 4 is 17.7 Å². The second kappa shape index (κ2) is 8.58. The van der Waals surface area contributed by atoms with Crippen LogP contribution in [0.15, 0.2) is 18.2 Å². The van der Waals surface area contributed by atoms with Crippen molar-refractivity contribution < 1.29 is 19.5 Å². The molecule has 1 saturated carbocycles. The van der Waals surface area contributed by atoms with Crippen LogP contribution in [0.2, 0.25) is 0 Å². The molecule has 2 aliphatic heterocycles. The maximum Gasteiger partial charge on any atom is 0.252 e. The minimum Gasteiger partial charge on any atom is -0.374 e. The molecule has 0 spiro atoms. The number of nitrogens with one attached hydrogen (secondary N) is 2. The fraction of sp³-hybridized carbons (Fsp3) is 0.522. The van der Waals surface area contributed by atoms with E-state index in [2.05, 4.69) is 16.6 Å². The van der Waals surface area contributed by atoms with Crippen LogP contribution in [0.3, 0.4) is 0 Å². The number of amides is 3. The second-order valence-electron chi connectivity index (χ2n) is 8.44. The molecule has 1 aromatic carbocycles. The zero-order chi connectivity index (χ0) is 21.3. The summed E-state index contributed by atoms with van der Waals surface area (Å²) in [4.78, 5) is 38.1. The Labute approximate surface area is 176 Å². The number of nitrogens with zero attached hydrogens (tertiary/aromatic N) is 1. The summed E-state index contributed by atoms with van der Waals surface area (Å²) < 4.78 is 0. The van der Waals surface area contributed by atoms with E-state index < -0.39 is 12.3 Å². The number of aliphatic hydroxyl groups excluding tert-OH is 1. The Morgan fingerprint density at radius 1 is 1.23 bits per heavy atom. The Morgan fingerprint density at radius 2 is 2.00 bits per heavy atom. The Bertz CT molecular complexity index is 900. The van der Waals surface area contributed by atoms with Crippen LogP contribution in [0, 0.1) is 18.3 Å². The highest BCUT2D eigenvalue weighted by atomic mass is 16.3. The van der Waals surface area contributed by atoms with Crippen molar-refractivity contribution in [2.24, 2.45) is 5.92 Å². The van der Waals surface area contributed by atoms with Crippen LogP contribution in [0.5, 0.6) is 0 Å². The molecule has 3 amide bonds. The van der Waals surface area contributed by atoms with E-state index in [-0.39, 0.29) is 30.2 Å². The van der Waals surface area contributed by atoms with Gasteiger partial charge >= 0.3 is 0 Å². The lowest BCUT2D eigenvalue weighted by molar-refractivity contribution is -0.141. The first kappa shape index (κ1) is 20.6. The van der Waals surface area contributed by atoms with Gasteiger partial charge in [0.15, 0.2) is 0 Å². The molecule has 3 atom stereocenters. The molecular formula is C23H27N3O4. The van der Waals surface area contributed by atoms with Gasteiger partial charge in [-0.2, -0.15) is 0 Å². The van der Waals surface area contributed by atoms with Crippen molar-refractivity contribution in [3.8, 4) is 12.3 Å². The fourth-order valence-electron chi connectivity index (χ4n) is 4.86. The average Bonchev–Trinajstić information content (AvgIpc) is 3.08. The minimum absolute atomic E-state index is 0.222. The molecule has 1 aromatic rings. The van der Waals surface area contributed by atoms with Gasteiger partial charge in [-0.05, 0) is 48.4 Å². The Balaban J connectivity index is 1.46. The maximum atomic E-state index is 12.8. The summed E-state index contributed by atoms with van der Waals surface area (Å²) in [5.41, 5.74) is 1.97. The number of carbonyl (C=O) groups excluding carboxylic acids is 3. The summed E-state index contributed by atoms with van der Waals surface area (Å²) in [5.74, 6) is 2.15. The smallest absolute Gasteiger partial charge is 0.252 e. The van der Waals surface area contributed by atoms with Gasteiger partial charge in [0.2, 0.25) is 11.8 Å². The molecule has 7 heteroatoms. The van der Waals surface area contributed by atoms with Gasteiger partial charge in [-0.3, -0.25) is 24.6 Å². The number of hydrogen-bond acceptors (Lipinski definition) is 5. The molecule has 7 nitrogen and oxygen atoms in total. The van der Waals surface area contributed by atoms with Crippen molar-refractivity contribution in [3.63, 3.8) is 0 Å². The third-order valence-corrected chi connectivity index (χ3v) is 6.55. The zero-order valence-electron chi connectivity index (χ0n) is 16.9. The van der Waals surface area contributed by atoms with Gasteiger partial charge < -0.3 is 10.4 Å². The quantitative estimate of drug-likeness (QED) is 0.518. The highest BCUT2D eigenvalue weighted by Crippen LogP contribution is 2.35. The number of piperidine rings is 1. The summed E-state index contributed by atoms with van der Waals surface area (Å²) in [5, 5.41) is 16.0. The van der Waals surface area contributed by atoms with Crippen molar-refractivity contribution in [2.45, 2.75) is 69.8 Å². The van der Waals surface area contributed by atoms with Crippen molar-refractivity contribution in [1.29, 1.82) is 0 Å². The molecule has 0 bridgehead atoms. The highest BCUT2D eigenvalue weighted by Gasteiger charge is 2.39. The van der Waals surface area contributed by atoms with E-state index in [1.54, 1.807) is 23.1 Å². The lowest BCUT2D eigenvalue weighted by Crippen LogP contribution is -2.51. The van der Waals surface area contributed by atoms with Gasteiger partial charge in [-0.1, -0.05) is 31.2 Å². The molecule has 2 unspecified atom stereocenters. The molecule has 0 radical (unpaired) electrons. The third kappa shape index (κ3) is 3.98.